The Labute approximate surface area is 126 Å². The van der Waals surface area contributed by atoms with Crippen molar-refractivity contribution in [3.63, 3.8) is 0 Å². The minimum absolute atomic E-state index is 0.00780. The van der Waals surface area contributed by atoms with Gasteiger partial charge in [-0.15, -0.1) is 0 Å². The molecule has 3 rings (SSSR count). The van der Waals surface area contributed by atoms with Crippen molar-refractivity contribution in [2.24, 2.45) is 0 Å². The van der Waals surface area contributed by atoms with Gasteiger partial charge in [-0.05, 0) is 31.0 Å². The van der Waals surface area contributed by atoms with Gasteiger partial charge in [0.1, 0.15) is 5.75 Å². The molecule has 2 aliphatic rings. The second-order valence-corrected chi connectivity index (χ2v) is 5.88. The first-order chi connectivity index (χ1) is 9.74. The molecule has 0 bridgehead atoms. The molecule has 2 aliphatic heterocycles. The van der Waals surface area contributed by atoms with Crippen LogP contribution in [0.4, 0.5) is 0 Å². The third kappa shape index (κ3) is 2.82. The molecule has 0 radical (unpaired) electrons. The van der Waals surface area contributed by atoms with E-state index >= 15 is 0 Å². The average molecular weight is 338 g/mol. The summed E-state index contributed by atoms with van der Waals surface area (Å²) in [6.45, 7) is 1.32. The van der Waals surface area contributed by atoms with Crippen LogP contribution < -0.4 is 10.1 Å². The highest BCUT2D eigenvalue weighted by atomic mass is 79.9. The molecule has 5 heteroatoms. The van der Waals surface area contributed by atoms with Gasteiger partial charge in [0.15, 0.2) is 0 Å². The fourth-order valence-corrected chi connectivity index (χ4v) is 2.88. The maximum Gasteiger partial charge on any atom is 0.250 e. The summed E-state index contributed by atoms with van der Waals surface area (Å²) in [5.41, 5.74) is 1.75. The SMILES string of the molecule is O=C(N[C@H]1CCOc2ccc(Br)cc21)C1=COCCC1. The largest absolute Gasteiger partial charge is 0.501 e. The van der Waals surface area contributed by atoms with Gasteiger partial charge < -0.3 is 14.8 Å². The van der Waals surface area contributed by atoms with Crippen molar-refractivity contribution in [3.05, 3.63) is 40.1 Å². The van der Waals surface area contributed by atoms with Crippen LogP contribution in [0.25, 0.3) is 0 Å². The van der Waals surface area contributed by atoms with Crippen LogP contribution in [0, 0.1) is 0 Å². The lowest BCUT2D eigenvalue weighted by atomic mass is 9.99. The van der Waals surface area contributed by atoms with Gasteiger partial charge in [0.05, 0.1) is 31.1 Å². The van der Waals surface area contributed by atoms with Gasteiger partial charge in [-0.3, -0.25) is 4.79 Å². The molecule has 1 atom stereocenters. The Morgan fingerprint density at radius 3 is 3.05 bits per heavy atom. The predicted octanol–water partition coefficient (Wildman–Crippen LogP) is 3.08. The van der Waals surface area contributed by atoms with E-state index in [1.54, 1.807) is 6.26 Å². The minimum atomic E-state index is -0.0393. The van der Waals surface area contributed by atoms with Gasteiger partial charge in [-0.1, -0.05) is 15.9 Å². The normalized spacial score (nSPS) is 21.1. The maximum atomic E-state index is 12.2. The van der Waals surface area contributed by atoms with Crippen molar-refractivity contribution in [2.75, 3.05) is 13.2 Å². The molecular weight excluding hydrogens is 322 g/mol. The lowest BCUT2D eigenvalue weighted by Crippen LogP contribution is -2.33. The van der Waals surface area contributed by atoms with Crippen molar-refractivity contribution in [3.8, 4) is 5.75 Å². The number of nitrogens with one attached hydrogen (secondary N) is 1. The molecule has 0 spiro atoms. The molecule has 0 saturated carbocycles. The zero-order valence-corrected chi connectivity index (χ0v) is 12.6. The predicted molar refractivity (Wildman–Crippen MR) is 78.4 cm³/mol. The summed E-state index contributed by atoms with van der Waals surface area (Å²) in [5, 5.41) is 3.08. The molecule has 4 nitrogen and oxygen atoms in total. The molecule has 1 amide bonds. The quantitative estimate of drug-likeness (QED) is 0.902. The number of halogens is 1. The molecule has 0 fully saturated rings. The number of ether oxygens (including phenoxy) is 2. The molecule has 1 aromatic carbocycles. The molecule has 106 valence electrons. The fraction of sp³-hybridized carbons (Fsp3) is 0.400. The van der Waals surface area contributed by atoms with Crippen LogP contribution in [-0.4, -0.2) is 19.1 Å². The van der Waals surface area contributed by atoms with Crippen LogP contribution in [0.3, 0.4) is 0 Å². The number of amides is 1. The highest BCUT2D eigenvalue weighted by molar-refractivity contribution is 9.10. The molecule has 20 heavy (non-hydrogen) atoms. The first kappa shape index (κ1) is 13.5. The standard InChI is InChI=1S/C15H16BrNO3/c16-11-3-4-14-12(8-11)13(5-7-20-14)17-15(18)10-2-1-6-19-9-10/h3-4,8-9,13H,1-2,5-7H2,(H,17,18)/t13-/m0/s1. The van der Waals surface area contributed by atoms with E-state index < -0.39 is 0 Å². The average Bonchev–Trinajstić information content (AvgIpc) is 2.49. The third-order valence-electron chi connectivity index (χ3n) is 3.54. The number of carbonyl (C=O) groups excluding carboxylic acids is 1. The molecule has 0 saturated heterocycles. The monoisotopic (exact) mass is 337 g/mol. The minimum Gasteiger partial charge on any atom is -0.501 e. The van der Waals surface area contributed by atoms with Gasteiger partial charge in [0, 0.05) is 16.5 Å². The first-order valence-electron chi connectivity index (χ1n) is 6.78. The van der Waals surface area contributed by atoms with Crippen molar-refractivity contribution in [1.82, 2.24) is 5.32 Å². The third-order valence-corrected chi connectivity index (χ3v) is 4.04. The van der Waals surface area contributed by atoms with Gasteiger partial charge in [-0.2, -0.15) is 0 Å². The van der Waals surface area contributed by atoms with E-state index in [0.29, 0.717) is 13.2 Å². The summed E-state index contributed by atoms with van der Waals surface area (Å²) in [5.74, 6) is 0.807. The van der Waals surface area contributed by atoms with Crippen molar-refractivity contribution < 1.29 is 14.3 Å². The smallest absolute Gasteiger partial charge is 0.250 e. The summed E-state index contributed by atoms with van der Waals surface area (Å²) in [6.07, 6.45) is 4.04. The number of hydrogen-bond donors (Lipinski definition) is 1. The summed E-state index contributed by atoms with van der Waals surface area (Å²) in [7, 11) is 0. The van der Waals surface area contributed by atoms with Crippen molar-refractivity contribution >= 4 is 21.8 Å². The van der Waals surface area contributed by atoms with Gasteiger partial charge >= 0.3 is 0 Å². The zero-order valence-electron chi connectivity index (χ0n) is 11.0. The van der Waals surface area contributed by atoms with E-state index in [-0.39, 0.29) is 11.9 Å². The first-order valence-corrected chi connectivity index (χ1v) is 7.57. The Kier molecular flexibility index (Phi) is 3.96. The van der Waals surface area contributed by atoms with Crippen molar-refractivity contribution in [1.29, 1.82) is 0 Å². The summed E-state index contributed by atoms with van der Waals surface area (Å²) < 4.78 is 11.8. The molecular formula is C15H16BrNO3. The topological polar surface area (TPSA) is 47.6 Å². The van der Waals surface area contributed by atoms with Gasteiger partial charge in [0.2, 0.25) is 0 Å². The highest BCUT2D eigenvalue weighted by Gasteiger charge is 2.25. The van der Waals surface area contributed by atoms with Crippen LogP contribution in [0.5, 0.6) is 5.75 Å². The summed E-state index contributed by atoms with van der Waals surface area (Å²) in [4.78, 5) is 12.2. The van der Waals surface area contributed by atoms with E-state index in [0.717, 1.165) is 40.6 Å². The van der Waals surface area contributed by atoms with E-state index in [2.05, 4.69) is 21.2 Å². The molecule has 0 unspecified atom stereocenters. The Morgan fingerprint density at radius 2 is 2.25 bits per heavy atom. The lowest BCUT2D eigenvalue weighted by Gasteiger charge is -2.27. The van der Waals surface area contributed by atoms with Crippen LogP contribution in [-0.2, 0) is 9.53 Å². The zero-order chi connectivity index (χ0) is 13.9. The Hall–Kier alpha value is -1.49. The molecule has 1 N–H and O–H groups in total. The number of benzene rings is 1. The second kappa shape index (κ2) is 5.87. The van der Waals surface area contributed by atoms with E-state index in [1.807, 2.05) is 18.2 Å². The van der Waals surface area contributed by atoms with Crippen LogP contribution >= 0.6 is 15.9 Å². The Balaban J connectivity index is 1.77. The van der Waals surface area contributed by atoms with Crippen LogP contribution in [0.2, 0.25) is 0 Å². The Bertz CT molecular complexity index is 556. The van der Waals surface area contributed by atoms with Crippen molar-refractivity contribution in [2.45, 2.75) is 25.3 Å². The maximum absolute atomic E-state index is 12.2. The van der Waals surface area contributed by atoms with Gasteiger partial charge in [-0.25, -0.2) is 0 Å². The van der Waals surface area contributed by atoms with Crippen LogP contribution in [0.15, 0.2) is 34.5 Å². The Morgan fingerprint density at radius 1 is 1.35 bits per heavy atom. The van der Waals surface area contributed by atoms with E-state index in [9.17, 15) is 4.79 Å². The number of carbonyl (C=O) groups is 1. The molecule has 1 aromatic rings. The van der Waals surface area contributed by atoms with Crippen LogP contribution in [0.1, 0.15) is 30.9 Å². The summed E-state index contributed by atoms with van der Waals surface area (Å²) in [6, 6.07) is 5.87. The fourth-order valence-electron chi connectivity index (χ4n) is 2.50. The number of fused-ring (bicyclic) bond motifs is 1. The van der Waals surface area contributed by atoms with Gasteiger partial charge in [0.25, 0.3) is 5.91 Å². The molecule has 0 aliphatic carbocycles. The van der Waals surface area contributed by atoms with E-state index in [4.69, 9.17) is 9.47 Å². The van der Waals surface area contributed by atoms with E-state index in [1.165, 1.54) is 0 Å². The lowest BCUT2D eigenvalue weighted by molar-refractivity contribution is -0.118. The number of hydrogen-bond acceptors (Lipinski definition) is 3. The summed E-state index contributed by atoms with van der Waals surface area (Å²) >= 11 is 3.46. The highest BCUT2D eigenvalue weighted by Crippen LogP contribution is 2.34. The number of rotatable bonds is 2. The molecule has 0 aromatic heterocycles. The molecule has 2 heterocycles. The second-order valence-electron chi connectivity index (χ2n) is 4.96.